The summed E-state index contributed by atoms with van der Waals surface area (Å²) in [6, 6.07) is 13.5. The third kappa shape index (κ3) is 4.01. The number of aromatic nitrogens is 1. The van der Waals surface area contributed by atoms with Crippen LogP contribution in [0.3, 0.4) is 0 Å². The Balaban J connectivity index is 1.92. The monoisotopic (exact) mass is 387 g/mol. The van der Waals surface area contributed by atoms with Crippen LogP contribution < -0.4 is 5.32 Å². The van der Waals surface area contributed by atoms with Gasteiger partial charge in [0.1, 0.15) is 5.76 Å². The molecule has 0 aliphatic heterocycles. The molecule has 0 aliphatic rings. The zero-order valence-electron chi connectivity index (χ0n) is 15.3. The summed E-state index contributed by atoms with van der Waals surface area (Å²) in [4.78, 5) is 12.6. The van der Waals surface area contributed by atoms with E-state index >= 15 is 0 Å². The number of hydrogen-bond donors (Lipinski definition) is 1. The minimum absolute atomic E-state index is 0.180. The number of anilines is 1. The van der Waals surface area contributed by atoms with Gasteiger partial charge in [0.15, 0.2) is 5.82 Å². The van der Waals surface area contributed by atoms with E-state index in [2.05, 4.69) is 10.5 Å². The highest BCUT2D eigenvalue weighted by Crippen LogP contribution is 2.26. The van der Waals surface area contributed by atoms with Crippen molar-refractivity contribution in [2.24, 2.45) is 0 Å². The number of amides is 1. The molecule has 0 fully saturated rings. The molecular formula is C19H21N3O4S. The first-order valence-electron chi connectivity index (χ1n) is 8.52. The van der Waals surface area contributed by atoms with E-state index in [1.165, 1.54) is 4.31 Å². The van der Waals surface area contributed by atoms with Crippen molar-refractivity contribution in [1.29, 1.82) is 0 Å². The van der Waals surface area contributed by atoms with Crippen LogP contribution in [0.1, 0.15) is 19.6 Å². The maximum Gasteiger partial charge on any atom is 0.244 e. The summed E-state index contributed by atoms with van der Waals surface area (Å²) in [6.45, 7) is 4.84. The molecule has 0 saturated heterocycles. The number of carbonyl (C=O) groups excluding carboxylic acids is 1. The summed E-state index contributed by atoms with van der Waals surface area (Å²) < 4.78 is 32.7. The molecule has 0 radical (unpaired) electrons. The lowest BCUT2D eigenvalue weighted by atomic mass is 10.1. The van der Waals surface area contributed by atoms with E-state index < -0.39 is 22.0 Å². The van der Waals surface area contributed by atoms with Crippen molar-refractivity contribution in [2.45, 2.75) is 31.7 Å². The summed E-state index contributed by atoms with van der Waals surface area (Å²) >= 11 is 0. The zero-order chi connectivity index (χ0) is 19.6. The fourth-order valence-electron chi connectivity index (χ4n) is 2.84. The fourth-order valence-corrected chi connectivity index (χ4v) is 4.65. The summed E-state index contributed by atoms with van der Waals surface area (Å²) in [5.41, 5.74) is 0. The summed E-state index contributed by atoms with van der Waals surface area (Å²) in [6.07, 6.45) is 0. The first-order valence-corrected chi connectivity index (χ1v) is 9.96. The second-order valence-electron chi connectivity index (χ2n) is 6.49. The summed E-state index contributed by atoms with van der Waals surface area (Å²) in [5.74, 6) is 0.318. The second-order valence-corrected chi connectivity index (χ2v) is 8.35. The van der Waals surface area contributed by atoms with Gasteiger partial charge in [-0.2, -0.15) is 4.31 Å². The van der Waals surface area contributed by atoms with Gasteiger partial charge in [0.05, 0.1) is 11.4 Å². The van der Waals surface area contributed by atoms with Crippen molar-refractivity contribution in [3.63, 3.8) is 0 Å². The van der Waals surface area contributed by atoms with Crippen molar-refractivity contribution >= 4 is 32.5 Å². The van der Waals surface area contributed by atoms with E-state index in [0.717, 1.165) is 5.39 Å². The van der Waals surface area contributed by atoms with E-state index in [1.807, 2.05) is 18.2 Å². The summed E-state index contributed by atoms with van der Waals surface area (Å²) in [7, 11) is -3.88. The van der Waals surface area contributed by atoms with Gasteiger partial charge in [-0.25, -0.2) is 8.42 Å². The van der Waals surface area contributed by atoms with Crippen molar-refractivity contribution in [3.05, 3.63) is 54.3 Å². The van der Waals surface area contributed by atoms with Crippen molar-refractivity contribution in [2.75, 3.05) is 11.9 Å². The Morgan fingerprint density at radius 2 is 1.89 bits per heavy atom. The Morgan fingerprint density at radius 1 is 1.19 bits per heavy atom. The Bertz CT molecular complexity index is 1070. The molecule has 142 valence electrons. The zero-order valence-corrected chi connectivity index (χ0v) is 16.2. The number of carbonyl (C=O) groups is 1. The number of aryl methyl sites for hydroxylation is 1. The Kier molecular flexibility index (Phi) is 5.29. The minimum Gasteiger partial charge on any atom is -0.360 e. The first kappa shape index (κ1) is 19.1. The van der Waals surface area contributed by atoms with Crippen molar-refractivity contribution < 1.29 is 17.7 Å². The third-order valence-corrected chi connectivity index (χ3v) is 6.19. The highest BCUT2D eigenvalue weighted by molar-refractivity contribution is 7.89. The van der Waals surface area contributed by atoms with E-state index in [0.29, 0.717) is 11.1 Å². The lowest BCUT2D eigenvalue weighted by Gasteiger charge is -2.25. The number of rotatable bonds is 6. The molecule has 1 heterocycles. The lowest BCUT2D eigenvalue weighted by Crippen LogP contribution is -2.42. The van der Waals surface area contributed by atoms with Gasteiger partial charge in [-0.3, -0.25) is 4.79 Å². The number of sulfonamides is 1. The molecule has 1 N–H and O–H groups in total. The van der Waals surface area contributed by atoms with Gasteiger partial charge in [-0.05, 0) is 32.2 Å². The molecule has 0 unspecified atom stereocenters. The predicted molar refractivity (Wildman–Crippen MR) is 103 cm³/mol. The normalized spacial score (nSPS) is 12.0. The molecule has 0 saturated carbocycles. The predicted octanol–water partition coefficient (Wildman–Crippen LogP) is 3.17. The Hall–Kier alpha value is -2.71. The molecule has 0 bridgehead atoms. The van der Waals surface area contributed by atoms with E-state index in [1.54, 1.807) is 51.1 Å². The van der Waals surface area contributed by atoms with Crippen LogP contribution in [0.15, 0.2) is 57.9 Å². The van der Waals surface area contributed by atoms with Gasteiger partial charge in [0.25, 0.3) is 0 Å². The van der Waals surface area contributed by atoms with Crippen LogP contribution in [0.4, 0.5) is 5.82 Å². The molecule has 7 nitrogen and oxygen atoms in total. The van der Waals surface area contributed by atoms with Crippen molar-refractivity contribution in [1.82, 2.24) is 9.46 Å². The quantitative estimate of drug-likeness (QED) is 0.701. The largest absolute Gasteiger partial charge is 0.360 e. The van der Waals surface area contributed by atoms with E-state index in [-0.39, 0.29) is 17.3 Å². The van der Waals surface area contributed by atoms with Crippen molar-refractivity contribution in [3.8, 4) is 0 Å². The maximum atomic E-state index is 13.3. The molecule has 27 heavy (non-hydrogen) atoms. The molecule has 1 aromatic heterocycles. The number of fused-ring (bicyclic) bond motifs is 1. The smallest absolute Gasteiger partial charge is 0.244 e. The molecule has 3 rings (SSSR count). The lowest BCUT2D eigenvalue weighted by molar-refractivity contribution is -0.116. The van der Waals surface area contributed by atoms with Gasteiger partial charge >= 0.3 is 0 Å². The number of hydrogen-bond acceptors (Lipinski definition) is 5. The highest BCUT2D eigenvalue weighted by Gasteiger charge is 2.30. The maximum absolute atomic E-state index is 13.3. The van der Waals surface area contributed by atoms with Crippen LogP contribution in [-0.2, 0) is 14.8 Å². The van der Waals surface area contributed by atoms with Crippen LogP contribution >= 0.6 is 0 Å². The standard InChI is InChI=1S/C19H21N3O4S/c1-13(2)22(12-19(23)20-18-11-14(3)26-21-18)27(24,25)17-10-6-8-15-7-4-5-9-16(15)17/h4-11,13H,12H2,1-3H3,(H,20,21,23). The Labute approximate surface area is 158 Å². The van der Waals surface area contributed by atoms with Crippen LogP contribution in [0.2, 0.25) is 0 Å². The minimum atomic E-state index is -3.88. The van der Waals surface area contributed by atoms with Crippen LogP contribution in [-0.4, -0.2) is 36.4 Å². The molecule has 2 aromatic carbocycles. The van der Waals surface area contributed by atoms with Gasteiger partial charge < -0.3 is 9.84 Å². The molecular weight excluding hydrogens is 366 g/mol. The Morgan fingerprint density at radius 3 is 2.56 bits per heavy atom. The van der Waals surface area contributed by atoms with E-state index in [9.17, 15) is 13.2 Å². The molecule has 1 amide bonds. The van der Waals surface area contributed by atoms with Crippen LogP contribution in [0.25, 0.3) is 10.8 Å². The molecule has 8 heteroatoms. The van der Waals surface area contributed by atoms with Gasteiger partial charge in [0.2, 0.25) is 15.9 Å². The molecule has 0 atom stereocenters. The highest BCUT2D eigenvalue weighted by atomic mass is 32.2. The molecule has 0 aliphatic carbocycles. The van der Waals surface area contributed by atoms with Gasteiger partial charge in [-0.15, -0.1) is 0 Å². The number of nitrogens with zero attached hydrogens (tertiary/aromatic N) is 2. The van der Waals surface area contributed by atoms with Crippen LogP contribution in [0.5, 0.6) is 0 Å². The topological polar surface area (TPSA) is 92.5 Å². The number of nitrogens with one attached hydrogen (secondary N) is 1. The number of benzene rings is 2. The van der Waals surface area contributed by atoms with E-state index in [4.69, 9.17) is 4.52 Å². The van der Waals surface area contributed by atoms with Gasteiger partial charge in [-0.1, -0.05) is 41.6 Å². The fraction of sp³-hybridized carbons (Fsp3) is 0.263. The summed E-state index contributed by atoms with van der Waals surface area (Å²) in [5, 5.41) is 7.70. The first-order chi connectivity index (χ1) is 12.8. The molecule has 0 spiro atoms. The SMILES string of the molecule is Cc1cc(NC(=O)CN(C(C)C)S(=O)(=O)c2cccc3ccccc23)no1. The second kappa shape index (κ2) is 7.50. The average molecular weight is 387 g/mol. The average Bonchev–Trinajstić information content (AvgIpc) is 3.03. The van der Waals surface area contributed by atoms with Crippen LogP contribution in [0, 0.1) is 6.92 Å². The van der Waals surface area contributed by atoms with Gasteiger partial charge in [0, 0.05) is 17.5 Å². The molecule has 3 aromatic rings. The third-order valence-electron chi connectivity index (χ3n) is 4.11.